The maximum absolute atomic E-state index is 12.5. The van der Waals surface area contributed by atoms with E-state index >= 15 is 0 Å². The number of pyridine rings is 1. The summed E-state index contributed by atoms with van der Waals surface area (Å²) in [5, 5.41) is 5.58. The lowest BCUT2D eigenvalue weighted by atomic mass is 10.1. The maximum atomic E-state index is 12.5. The van der Waals surface area contributed by atoms with Crippen molar-refractivity contribution in [2.24, 2.45) is 0 Å². The highest BCUT2D eigenvalue weighted by atomic mass is 19.4. The number of Topliss-reactive ketones (excluding diaryl/α,β-unsaturated/α-hetero) is 1. The second kappa shape index (κ2) is 7.47. The van der Waals surface area contributed by atoms with Crippen molar-refractivity contribution >= 4 is 17.5 Å². The Labute approximate surface area is 155 Å². The Morgan fingerprint density at radius 3 is 2.39 bits per heavy atom. The molecule has 0 aliphatic rings. The van der Waals surface area contributed by atoms with Crippen molar-refractivity contribution in [3.05, 3.63) is 53.9 Å². The van der Waals surface area contributed by atoms with E-state index in [0.29, 0.717) is 0 Å². The Morgan fingerprint density at radius 1 is 1.07 bits per heavy atom. The monoisotopic (exact) mass is 392 g/mol. The molecule has 1 N–H and O–H groups in total. The zero-order valence-corrected chi connectivity index (χ0v) is 14.1. The fraction of sp³-hybridized carbons (Fsp3) is 0.118. The predicted molar refractivity (Wildman–Crippen MR) is 88.5 cm³/mol. The van der Waals surface area contributed by atoms with Gasteiger partial charge in [-0.3, -0.25) is 9.59 Å². The molecule has 0 saturated heterocycles. The van der Waals surface area contributed by atoms with Crippen LogP contribution in [0.5, 0.6) is 5.88 Å². The largest absolute Gasteiger partial charge is 0.481 e. The van der Waals surface area contributed by atoms with Crippen LogP contribution in [0.2, 0.25) is 0 Å². The van der Waals surface area contributed by atoms with Gasteiger partial charge in [-0.2, -0.15) is 23.1 Å². The van der Waals surface area contributed by atoms with Crippen LogP contribution in [-0.2, 0) is 11.0 Å². The van der Waals surface area contributed by atoms with E-state index in [1.54, 1.807) is 12.1 Å². The summed E-state index contributed by atoms with van der Waals surface area (Å²) >= 11 is 0. The van der Waals surface area contributed by atoms with E-state index in [1.165, 1.54) is 37.4 Å². The highest BCUT2D eigenvalue weighted by Crippen LogP contribution is 2.29. The highest BCUT2D eigenvalue weighted by Gasteiger charge is 2.38. The predicted octanol–water partition coefficient (Wildman–Crippen LogP) is 2.98. The summed E-state index contributed by atoms with van der Waals surface area (Å²) in [6.07, 6.45) is -4.76. The molecule has 0 bridgehead atoms. The van der Waals surface area contributed by atoms with Gasteiger partial charge in [0.25, 0.3) is 11.7 Å². The minimum atomic E-state index is -4.76. The number of ether oxygens (including phenoxy) is 1. The number of hydrogen-bond acceptors (Lipinski definition) is 7. The summed E-state index contributed by atoms with van der Waals surface area (Å²) in [5.74, 6) is -3.19. The standard InChI is InChI=1S/C17H11F3N4O4/c1-27-12-4-2-3-11(21-12)22-15(26)13(25)9-5-7-10(8-6-9)14-23-16(28-24-14)17(18,19)20/h2-8H,1H3,(H,21,22,26). The molecule has 0 radical (unpaired) electrons. The molecule has 0 saturated carbocycles. The summed E-state index contributed by atoms with van der Waals surface area (Å²) < 4.78 is 46.6. The number of aromatic nitrogens is 3. The van der Waals surface area contributed by atoms with Crippen LogP contribution in [0.1, 0.15) is 16.2 Å². The van der Waals surface area contributed by atoms with Gasteiger partial charge < -0.3 is 14.6 Å². The van der Waals surface area contributed by atoms with Gasteiger partial charge in [0.15, 0.2) is 0 Å². The number of alkyl halides is 3. The number of nitrogens with zero attached hydrogens (tertiary/aromatic N) is 3. The smallest absolute Gasteiger partial charge is 0.471 e. The summed E-state index contributed by atoms with van der Waals surface area (Å²) in [5.41, 5.74) is 0.203. The number of carbonyl (C=O) groups excluding carboxylic acids is 2. The van der Waals surface area contributed by atoms with Gasteiger partial charge in [-0.05, 0) is 6.07 Å². The number of amides is 1. The minimum absolute atomic E-state index is 0.0173. The molecule has 28 heavy (non-hydrogen) atoms. The number of carbonyl (C=O) groups is 2. The quantitative estimate of drug-likeness (QED) is 0.525. The van der Waals surface area contributed by atoms with Crippen molar-refractivity contribution < 1.29 is 32.0 Å². The molecule has 144 valence electrons. The Balaban J connectivity index is 1.72. The van der Waals surface area contributed by atoms with Gasteiger partial charge in [-0.25, -0.2) is 0 Å². The Hall–Kier alpha value is -3.76. The molecule has 0 aliphatic carbocycles. The SMILES string of the molecule is COc1cccc(NC(=O)C(=O)c2ccc(-c3noc(C(F)(F)F)n3)cc2)n1. The number of nitrogens with one attached hydrogen (secondary N) is 1. The molecule has 0 spiro atoms. The lowest BCUT2D eigenvalue weighted by molar-refractivity contribution is -0.159. The average Bonchev–Trinajstić information content (AvgIpc) is 3.18. The Kier molecular flexibility index (Phi) is 5.07. The van der Waals surface area contributed by atoms with Gasteiger partial charge in [-0.1, -0.05) is 35.5 Å². The molecule has 1 amide bonds. The lowest BCUT2D eigenvalue weighted by Crippen LogP contribution is -2.23. The van der Waals surface area contributed by atoms with E-state index in [4.69, 9.17) is 4.74 Å². The number of anilines is 1. The van der Waals surface area contributed by atoms with Crippen LogP contribution >= 0.6 is 0 Å². The number of hydrogen-bond donors (Lipinski definition) is 1. The van der Waals surface area contributed by atoms with Crippen LogP contribution in [0.4, 0.5) is 19.0 Å². The van der Waals surface area contributed by atoms with Crippen molar-refractivity contribution in [1.29, 1.82) is 0 Å². The molecule has 3 rings (SSSR count). The lowest BCUT2D eigenvalue weighted by Gasteiger charge is -2.05. The van der Waals surface area contributed by atoms with Crippen LogP contribution < -0.4 is 10.1 Å². The van der Waals surface area contributed by atoms with Crippen molar-refractivity contribution in [3.63, 3.8) is 0 Å². The molecule has 8 nitrogen and oxygen atoms in total. The van der Waals surface area contributed by atoms with Gasteiger partial charge in [0.1, 0.15) is 5.82 Å². The molecule has 0 fully saturated rings. The molecular weight excluding hydrogens is 381 g/mol. The fourth-order valence-corrected chi connectivity index (χ4v) is 2.13. The first kappa shape index (κ1) is 19.0. The van der Waals surface area contributed by atoms with E-state index in [-0.39, 0.29) is 28.6 Å². The third-order valence-corrected chi connectivity index (χ3v) is 3.45. The number of methoxy groups -OCH3 is 1. The van der Waals surface area contributed by atoms with Crippen LogP contribution in [0, 0.1) is 0 Å². The van der Waals surface area contributed by atoms with E-state index in [2.05, 4.69) is 25.0 Å². The molecule has 0 unspecified atom stereocenters. The molecule has 2 aromatic heterocycles. The zero-order valence-electron chi connectivity index (χ0n) is 14.1. The topological polar surface area (TPSA) is 107 Å². The number of benzene rings is 1. The maximum Gasteiger partial charge on any atom is 0.471 e. The summed E-state index contributed by atoms with van der Waals surface area (Å²) in [7, 11) is 1.40. The zero-order chi connectivity index (χ0) is 20.3. The first-order valence-corrected chi connectivity index (χ1v) is 7.66. The number of ketones is 1. The second-order valence-electron chi connectivity index (χ2n) is 5.35. The second-order valence-corrected chi connectivity index (χ2v) is 5.35. The molecule has 0 aliphatic heterocycles. The minimum Gasteiger partial charge on any atom is -0.481 e. The van der Waals surface area contributed by atoms with E-state index < -0.39 is 23.8 Å². The van der Waals surface area contributed by atoms with Crippen LogP contribution in [0.3, 0.4) is 0 Å². The third-order valence-electron chi connectivity index (χ3n) is 3.45. The number of rotatable bonds is 5. The molecular formula is C17H11F3N4O4. The molecule has 3 aromatic rings. The van der Waals surface area contributed by atoms with Gasteiger partial charge in [-0.15, -0.1) is 0 Å². The van der Waals surface area contributed by atoms with Crippen molar-refractivity contribution in [1.82, 2.24) is 15.1 Å². The molecule has 1 aromatic carbocycles. The van der Waals surface area contributed by atoms with Crippen LogP contribution in [-0.4, -0.2) is 33.9 Å². The summed E-state index contributed by atoms with van der Waals surface area (Å²) in [6.45, 7) is 0. The van der Waals surface area contributed by atoms with Crippen LogP contribution in [0.15, 0.2) is 47.0 Å². The van der Waals surface area contributed by atoms with E-state index in [1.807, 2.05) is 0 Å². The van der Waals surface area contributed by atoms with Crippen molar-refractivity contribution in [2.75, 3.05) is 12.4 Å². The first-order chi connectivity index (χ1) is 13.3. The van der Waals surface area contributed by atoms with Crippen LogP contribution in [0.25, 0.3) is 11.4 Å². The fourth-order valence-electron chi connectivity index (χ4n) is 2.13. The highest BCUT2D eigenvalue weighted by molar-refractivity contribution is 6.46. The van der Waals surface area contributed by atoms with Gasteiger partial charge in [0.05, 0.1) is 7.11 Å². The third kappa shape index (κ3) is 4.14. The average molecular weight is 392 g/mol. The Morgan fingerprint density at radius 2 is 1.79 bits per heavy atom. The Bertz CT molecular complexity index is 1020. The summed E-state index contributed by atoms with van der Waals surface area (Å²) in [4.78, 5) is 31.5. The van der Waals surface area contributed by atoms with E-state index in [0.717, 1.165) is 0 Å². The number of halogens is 3. The molecule has 2 heterocycles. The van der Waals surface area contributed by atoms with Gasteiger partial charge in [0.2, 0.25) is 11.7 Å². The van der Waals surface area contributed by atoms with E-state index in [9.17, 15) is 22.8 Å². The molecule has 11 heteroatoms. The van der Waals surface area contributed by atoms with Crippen molar-refractivity contribution in [2.45, 2.75) is 6.18 Å². The summed E-state index contributed by atoms with van der Waals surface area (Å²) in [6, 6.07) is 9.76. The first-order valence-electron chi connectivity index (χ1n) is 7.66. The molecule has 0 atom stereocenters. The van der Waals surface area contributed by atoms with Gasteiger partial charge >= 0.3 is 12.1 Å². The van der Waals surface area contributed by atoms with Crippen molar-refractivity contribution in [3.8, 4) is 17.3 Å². The normalized spacial score (nSPS) is 11.1. The van der Waals surface area contributed by atoms with Gasteiger partial charge in [0, 0.05) is 17.2 Å².